The lowest BCUT2D eigenvalue weighted by Gasteiger charge is -2.20. The number of hydrogen-bond donors (Lipinski definition) is 1. The van der Waals surface area contributed by atoms with Gasteiger partial charge < -0.3 is 5.11 Å². The third-order valence-electron chi connectivity index (χ3n) is 2.66. The van der Waals surface area contributed by atoms with Crippen LogP contribution in [0.1, 0.15) is 12.5 Å². The Hall–Kier alpha value is -1.05. The van der Waals surface area contributed by atoms with Crippen LogP contribution < -0.4 is 0 Å². The molecule has 0 amide bonds. The van der Waals surface area contributed by atoms with E-state index in [2.05, 4.69) is 0 Å². The number of aliphatic hydroxyl groups excluding tert-OH is 1. The average Bonchev–Trinajstić information content (AvgIpc) is 2.38. The second-order valence-corrected chi connectivity index (χ2v) is 5.91. The number of aliphatic hydroxyl groups is 1. The fraction of sp³-hybridized carbons (Fsp3) is 0.500. The van der Waals surface area contributed by atoms with Gasteiger partial charge in [-0.3, -0.25) is 0 Å². The molecule has 7 heteroatoms. The number of hydrogen-bond acceptors (Lipinski definition) is 3. The van der Waals surface area contributed by atoms with Gasteiger partial charge in [-0.25, -0.2) is 17.2 Å². The molecular formula is C12H17F2NO3S. The second-order valence-electron chi connectivity index (χ2n) is 3.98. The van der Waals surface area contributed by atoms with Crippen LogP contribution in [0.25, 0.3) is 0 Å². The Morgan fingerprint density at radius 1 is 1.26 bits per heavy atom. The summed E-state index contributed by atoms with van der Waals surface area (Å²) >= 11 is 0. The molecule has 0 aromatic heterocycles. The highest BCUT2D eigenvalue weighted by atomic mass is 32.2. The molecule has 0 radical (unpaired) electrons. The summed E-state index contributed by atoms with van der Waals surface area (Å²) in [6, 6.07) is 6.08. The summed E-state index contributed by atoms with van der Waals surface area (Å²) in [5.41, 5.74) is 0.960. The molecule has 108 valence electrons. The van der Waals surface area contributed by atoms with Crippen LogP contribution in [-0.4, -0.2) is 44.0 Å². The maximum Gasteiger partial charge on any atom is 0.252 e. The first-order chi connectivity index (χ1) is 8.91. The molecule has 1 aromatic rings. The summed E-state index contributed by atoms with van der Waals surface area (Å²) in [6.07, 6.45) is -2.02. The fourth-order valence-electron chi connectivity index (χ4n) is 1.62. The molecular weight excluding hydrogens is 276 g/mol. The van der Waals surface area contributed by atoms with Crippen LogP contribution in [0.2, 0.25) is 0 Å². The molecule has 0 bridgehead atoms. The number of nitrogens with zero attached hydrogens (tertiary/aromatic N) is 1. The summed E-state index contributed by atoms with van der Waals surface area (Å²) in [5.74, 6) is 0. The zero-order valence-electron chi connectivity index (χ0n) is 10.6. The van der Waals surface area contributed by atoms with Crippen LogP contribution in [0, 0.1) is 0 Å². The van der Waals surface area contributed by atoms with Crippen molar-refractivity contribution >= 4 is 10.0 Å². The van der Waals surface area contributed by atoms with Gasteiger partial charge in [-0.05, 0) is 24.1 Å². The first kappa shape index (κ1) is 16.0. The minimum Gasteiger partial charge on any atom is -0.395 e. The number of alkyl halides is 2. The minimum absolute atomic E-state index is 0.0428. The van der Waals surface area contributed by atoms with Gasteiger partial charge in [0.25, 0.3) is 6.43 Å². The highest BCUT2D eigenvalue weighted by Gasteiger charge is 2.26. The Morgan fingerprint density at radius 3 is 2.26 bits per heavy atom. The van der Waals surface area contributed by atoms with Gasteiger partial charge in [0.2, 0.25) is 10.0 Å². The molecule has 0 saturated carbocycles. The number of aryl methyl sites for hydroxylation is 1. The monoisotopic (exact) mass is 293 g/mol. The lowest BCUT2D eigenvalue weighted by molar-refractivity contribution is 0.113. The van der Waals surface area contributed by atoms with E-state index in [9.17, 15) is 17.2 Å². The highest BCUT2D eigenvalue weighted by Crippen LogP contribution is 2.17. The van der Waals surface area contributed by atoms with Gasteiger partial charge in [-0.1, -0.05) is 19.1 Å². The molecule has 19 heavy (non-hydrogen) atoms. The standard InChI is InChI=1S/C12H17F2NO3S/c1-2-10-3-5-11(6-4-10)19(17,18)15(7-8-16)9-12(13)14/h3-6,12,16H,2,7-9H2,1H3. The van der Waals surface area contributed by atoms with Gasteiger partial charge in [-0.2, -0.15) is 4.31 Å². The number of halogens is 2. The number of sulfonamides is 1. The lowest BCUT2D eigenvalue weighted by Crippen LogP contribution is -2.37. The molecule has 0 unspecified atom stereocenters. The zero-order chi connectivity index (χ0) is 14.5. The van der Waals surface area contributed by atoms with Crippen LogP contribution in [0.4, 0.5) is 8.78 Å². The Labute approximate surface area is 111 Å². The molecule has 1 N–H and O–H groups in total. The lowest BCUT2D eigenvalue weighted by atomic mass is 10.2. The quantitative estimate of drug-likeness (QED) is 0.829. The molecule has 0 atom stereocenters. The van der Waals surface area contributed by atoms with Crippen LogP contribution >= 0.6 is 0 Å². The molecule has 1 aromatic carbocycles. The maximum absolute atomic E-state index is 12.4. The van der Waals surface area contributed by atoms with E-state index in [-0.39, 0.29) is 11.4 Å². The Morgan fingerprint density at radius 2 is 1.84 bits per heavy atom. The van der Waals surface area contributed by atoms with Crippen molar-refractivity contribution in [3.05, 3.63) is 29.8 Å². The van der Waals surface area contributed by atoms with Crippen LogP contribution in [0.5, 0.6) is 0 Å². The fourth-order valence-corrected chi connectivity index (χ4v) is 3.03. The molecule has 4 nitrogen and oxygen atoms in total. The topological polar surface area (TPSA) is 57.6 Å². The van der Waals surface area contributed by atoms with Crippen molar-refractivity contribution in [1.82, 2.24) is 4.31 Å². The molecule has 0 saturated heterocycles. The molecule has 0 aliphatic heterocycles. The smallest absolute Gasteiger partial charge is 0.252 e. The average molecular weight is 293 g/mol. The van der Waals surface area contributed by atoms with Crippen molar-refractivity contribution in [2.45, 2.75) is 24.7 Å². The predicted molar refractivity (Wildman–Crippen MR) is 67.7 cm³/mol. The summed E-state index contributed by atoms with van der Waals surface area (Å²) in [6.45, 7) is 0.165. The summed E-state index contributed by atoms with van der Waals surface area (Å²) in [4.78, 5) is -0.0428. The van der Waals surface area contributed by atoms with Crippen LogP contribution in [-0.2, 0) is 16.4 Å². The van der Waals surface area contributed by atoms with Crippen molar-refractivity contribution in [3.63, 3.8) is 0 Å². The predicted octanol–water partition coefficient (Wildman–Crippen LogP) is 1.50. The SMILES string of the molecule is CCc1ccc(S(=O)(=O)N(CCO)CC(F)F)cc1. The highest BCUT2D eigenvalue weighted by molar-refractivity contribution is 7.89. The normalized spacial score (nSPS) is 12.3. The number of rotatable bonds is 7. The molecule has 0 aliphatic rings. The zero-order valence-corrected chi connectivity index (χ0v) is 11.4. The van der Waals surface area contributed by atoms with Crippen molar-refractivity contribution in [2.75, 3.05) is 19.7 Å². The van der Waals surface area contributed by atoms with Crippen molar-refractivity contribution in [2.24, 2.45) is 0 Å². The molecule has 0 fully saturated rings. The van der Waals surface area contributed by atoms with E-state index in [1.165, 1.54) is 12.1 Å². The largest absolute Gasteiger partial charge is 0.395 e. The van der Waals surface area contributed by atoms with Gasteiger partial charge >= 0.3 is 0 Å². The summed E-state index contributed by atoms with van der Waals surface area (Å²) < 4.78 is 49.6. The molecule has 0 aliphatic carbocycles. The van der Waals surface area contributed by atoms with Gasteiger partial charge in [0.15, 0.2) is 0 Å². The summed E-state index contributed by atoms with van der Waals surface area (Å²) in [7, 11) is -3.99. The van der Waals surface area contributed by atoms with E-state index in [4.69, 9.17) is 5.11 Å². The van der Waals surface area contributed by atoms with E-state index in [1.54, 1.807) is 12.1 Å². The van der Waals surface area contributed by atoms with Gasteiger partial charge in [0.1, 0.15) is 0 Å². The third kappa shape index (κ3) is 4.22. The van der Waals surface area contributed by atoms with E-state index in [0.717, 1.165) is 12.0 Å². The molecule has 0 heterocycles. The molecule has 1 rings (SSSR count). The first-order valence-corrected chi connectivity index (χ1v) is 7.34. The van der Waals surface area contributed by atoms with E-state index in [1.807, 2.05) is 6.92 Å². The number of benzene rings is 1. The maximum atomic E-state index is 12.4. The van der Waals surface area contributed by atoms with Crippen LogP contribution in [0.3, 0.4) is 0 Å². The third-order valence-corrected chi connectivity index (χ3v) is 4.54. The van der Waals surface area contributed by atoms with E-state index in [0.29, 0.717) is 4.31 Å². The Balaban J connectivity index is 3.03. The Bertz CT molecular complexity index is 488. The van der Waals surface area contributed by atoms with Crippen molar-refractivity contribution in [1.29, 1.82) is 0 Å². The van der Waals surface area contributed by atoms with E-state index < -0.39 is 29.6 Å². The summed E-state index contributed by atoms with van der Waals surface area (Å²) in [5, 5.41) is 8.79. The van der Waals surface area contributed by atoms with Crippen molar-refractivity contribution in [3.8, 4) is 0 Å². The first-order valence-electron chi connectivity index (χ1n) is 5.90. The van der Waals surface area contributed by atoms with Crippen molar-refractivity contribution < 1.29 is 22.3 Å². The van der Waals surface area contributed by atoms with Gasteiger partial charge in [0.05, 0.1) is 18.0 Å². The molecule has 0 spiro atoms. The Kier molecular flexibility index (Phi) is 5.84. The van der Waals surface area contributed by atoms with E-state index >= 15 is 0 Å². The van der Waals surface area contributed by atoms with Gasteiger partial charge in [-0.15, -0.1) is 0 Å². The minimum atomic E-state index is -3.99. The second kappa shape index (κ2) is 6.93. The van der Waals surface area contributed by atoms with Crippen LogP contribution in [0.15, 0.2) is 29.2 Å². The van der Waals surface area contributed by atoms with Gasteiger partial charge in [0, 0.05) is 6.54 Å².